The van der Waals surface area contributed by atoms with E-state index in [4.69, 9.17) is 0 Å². The molecule has 0 saturated heterocycles. The number of unbranched alkanes of at least 4 members (excludes halogenated alkanes) is 1. The summed E-state index contributed by atoms with van der Waals surface area (Å²) in [6.07, 6.45) is 5.02. The van der Waals surface area contributed by atoms with Crippen LogP contribution in [0.3, 0.4) is 0 Å². The van der Waals surface area contributed by atoms with Crippen molar-refractivity contribution in [3.63, 3.8) is 0 Å². The second-order valence-electron chi connectivity index (χ2n) is 4.38. The van der Waals surface area contributed by atoms with Crippen LogP contribution < -0.4 is 0 Å². The first-order valence-electron chi connectivity index (χ1n) is 6.02. The first kappa shape index (κ1) is 12.6. The van der Waals surface area contributed by atoms with Gasteiger partial charge in [-0.15, -0.1) is 21.5 Å². The molecule has 0 saturated carbocycles. The highest BCUT2D eigenvalue weighted by Gasteiger charge is 2.15. The van der Waals surface area contributed by atoms with Gasteiger partial charge in [0.15, 0.2) is 0 Å². The maximum atomic E-state index is 4.33. The second-order valence-corrected chi connectivity index (χ2v) is 5.42. The summed E-state index contributed by atoms with van der Waals surface area (Å²) >= 11 is 1.80. The quantitative estimate of drug-likeness (QED) is 0.721. The van der Waals surface area contributed by atoms with Crippen LogP contribution in [0.5, 0.6) is 0 Å². The minimum absolute atomic E-state index is 0.514. The third-order valence-corrected chi connectivity index (χ3v) is 4.08. The van der Waals surface area contributed by atoms with Gasteiger partial charge in [-0.05, 0) is 12.8 Å². The van der Waals surface area contributed by atoms with E-state index >= 15 is 0 Å². The summed E-state index contributed by atoms with van der Waals surface area (Å²) in [4.78, 5) is 0. The Hall–Kier alpha value is -0.440. The van der Waals surface area contributed by atoms with Crippen molar-refractivity contribution < 1.29 is 0 Å². The molecule has 0 aliphatic rings. The van der Waals surface area contributed by atoms with Crippen molar-refractivity contribution in [1.82, 2.24) is 10.2 Å². The van der Waals surface area contributed by atoms with Gasteiger partial charge in [0.2, 0.25) is 0 Å². The monoisotopic (exact) mass is 226 g/mol. The van der Waals surface area contributed by atoms with Crippen LogP contribution in [0, 0.1) is 0 Å². The summed E-state index contributed by atoms with van der Waals surface area (Å²) in [5, 5.41) is 11.0. The molecule has 1 atom stereocenters. The second kappa shape index (κ2) is 6.21. The fraction of sp³-hybridized carbons (Fsp3) is 0.833. The molecule has 1 aromatic heterocycles. The van der Waals surface area contributed by atoms with Crippen molar-refractivity contribution in [3.05, 3.63) is 10.0 Å². The minimum atomic E-state index is 0.514. The summed E-state index contributed by atoms with van der Waals surface area (Å²) in [5.41, 5.74) is 0. The number of hydrogen-bond donors (Lipinski definition) is 0. The van der Waals surface area contributed by atoms with Gasteiger partial charge < -0.3 is 0 Å². The first-order chi connectivity index (χ1) is 7.19. The molecule has 1 rings (SSSR count). The standard InChI is InChI=1S/C12H22N2S/c1-5-7-8-10(6-2)12-14-13-11(15-12)9(3)4/h9-10H,5-8H2,1-4H3. The van der Waals surface area contributed by atoms with Gasteiger partial charge in [0, 0.05) is 11.8 Å². The Kier molecular flexibility index (Phi) is 5.23. The number of nitrogens with zero attached hydrogens (tertiary/aromatic N) is 2. The molecule has 1 heterocycles. The first-order valence-corrected chi connectivity index (χ1v) is 6.83. The molecule has 15 heavy (non-hydrogen) atoms. The maximum absolute atomic E-state index is 4.33. The summed E-state index contributed by atoms with van der Waals surface area (Å²) in [7, 11) is 0. The maximum Gasteiger partial charge on any atom is 0.120 e. The molecule has 0 aromatic carbocycles. The lowest BCUT2D eigenvalue weighted by Crippen LogP contribution is -1.96. The molecule has 0 aliphatic carbocycles. The Balaban J connectivity index is 2.65. The Labute approximate surface area is 97.1 Å². The van der Waals surface area contributed by atoms with E-state index in [1.807, 2.05) is 0 Å². The van der Waals surface area contributed by atoms with Gasteiger partial charge >= 0.3 is 0 Å². The number of aromatic nitrogens is 2. The van der Waals surface area contributed by atoms with Crippen LogP contribution in [-0.4, -0.2) is 10.2 Å². The molecular formula is C12H22N2S. The predicted molar refractivity (Wildman–Crippen MR) is 66.6 cm³/mol. The van der Waals surface area contributed by atoms with Gasteiger partial charge in [-0.3, -0.25) is 0 Å². The Morgan fingerprint density at radius 2 is 1.80 bits per heavy atom. The van der Waals surface area contributed by atoms with Gasteiger partial charge in [-0.2, -0.15) is 0 Å². The van der Waals surface area contributed by atoms with Crippen LogP contribution >= 0.6 is 11.3 Å². The lowest BCUT2D eigenvalue weighted by Gasteiger charge is -2.09. The van der Waals surface area contributed by atoms with Gasteiger partial charge in [-0.1, -0.05) is 40.5 Å². The van der Waals surface area contributed by atoms with Gasteiger partial charge in [0.05, 0.1) is 0 Å². The summed E-state index contributed by atoms with van der Waals surface area (Å²) in [5.74, 6) is 1.15. The molecule has 0 aliphatic heterocycles. The highest BCUT2D eigenvalue weighted by atomic mass is 32.1. The summed E-state index contributed by atoms with van der Waals surface area (Å²) < 4.78 is 0. The van der Waals surface area contributed by atoms with E-state index in [-0.39, 0.29) is 0 Å². The zero-order valence-electron chi connectivity index (χ0n) is 10.3. The van der Waals surface area contributed by atoms with Gasteiger partial charge in [0.1, 0.15) is 10.0 Å². The van der Waals surface area contributed by atoms with Crippen LogP contribution in [-0.2, 0) is 0 Å². The van der Waals surface area contributed by atoms with E-state index in [1.165, 1.54) is 35.7 Å². The third-order valence-electron chi connectivity index (χ3n) is 2.70. The van der Waals surface area contributed by atoms with Crippen molar-refractivity contribution in [2.45, 2.75) is 65.2 Å². The molecule has 1 aromatic rings. The fourth-order valence-electron chi connectivity index (χ4n) is 1.60. The topological polar surface area (TPSA) is 25.8 Å². The molecule has 3 heteroatoms. The molecule has 1 unspecified atom stereocenters. The van der Waals surface area contributed by atoms with Crippen LogP contribution in [0.4, 0.5) is 0 Å². The highest BCUT2D eigenvalue weighted by molar-refractivity contribution is 7.11. The smallest absolute Gasteiger partial charge is 0.120 e. The predicted octanol–water partition coefficient (Wildman–Crippen LogP) is 4.35. The number of hydrogen-bond acceptors (Lipinski definition) is 3. The van der Waals surface area contributed by atoms with E-state index in [1.54, 1.807) is 11.3 Å². The SMILES string of the molecule is CCCCC(CC)c1nnc(C(C)C)s1. The van der Waals surface area contributed by atoms with E-state index in [0.29, 0.717) is 11.8 Å². The zero-order chi connectivity index (χ0) is 11.3. The van der Waals surface area contributed by atoms with Gasteiger partial charge in [0.25, 0.3) is 0 Å². The van der Waals surface area contributed by atoms with Gasteiger partial charge in [-0.25, -0.2) is 0 Å². The van der Waals surface area contributed by atoms with E-state index in [2.05, 4.69) is 37.9 Å². The molecule has 86 valence electrons. The normalized spacial score (nSPS) is 13.4. The average Bonchev–Trinajstić information content (AvgIpc) is 2.68. The molecule has 0 radical (unpaired) electrons. The third kappa shape index (κ3) is 3.56. The lowest BCUT2D eigenvalue weighted by atomic mass is 10.0. The van der Waals surface area contributed by atoms with E-state index in [9.17, 15) is 0 Å². The highest BCUT2D eigenvalue weighted by Crippen LogP contribution is 2.30. The fourth-order valence-corrected chi connectivity index (χ4v) is 2.66. The molecule has 0 fully saturated rings. The Morgan fingerprint density at radius 1 is 1.13 bits per heavy atom. The van der Waals surface area contributed by atoms with Crippen molar-refractivity contribution in [3.8, 4) is 0 Å². The van der Waals surface area contributed by atoms with Crippen molar-refractivity contribution >= 4 is 11.3 Å². The molecule has 0 spiro atoms. The van der Waals surface area contributed by atoms with Crippen LogP contribution in [0.2, 0.25) is 0 Å². The molecular weight excluding hydrogens is 204 g/mol. The van der Waals surface area contributed by atoms with Crippen LogP contribution in [0.1, 0.15) is 75.2 Å². The Morgan fingerprint density at radius 3 is 2.27 bits per heavy atom. The molecule has 0 N–H and O–H groups in total. The van der Waals surface area contributed by atoms with Crippen LogP contribution in [0.15, 0.2) is 0 Å². The van der Waals surface area contributed by atoms with E-state index in [0.717, 1.165) is 0 Å². The lowest BCUT2D eigenvalue weighted by molar-refractivity contribution is 0.562. The zero-order valence-corrected chi connectivity index (χ0v) is 11.1. The largest absolute Gasteiger partial charge is 0.143 e. The average molecular weight is 226 g/mol. The van der Waals surface area contributed by atoms with E-state index < -0.39 is 0 Å². The molecule has 0 amide bonds. The summed E-state index contributed by atoms with van der Waals surface area (Å²) in [6, 6.07) is 0. The molecule has 2 nitrogen and oxygen atoms in total. The van der Waals surface area contributed by atoms with Crippen LogP contribution in [0.25, 0.3) is 0 Å². The minimum Gasteiger partial charge on any atom is -0.143 e. The summed E-state index contributed by atoms with van der Waals surface area (Å²) in [6.45, 7) is 8.84. The number of rotatable bonds is 6. The van der Waals surface area contributed by atoms with Crippen molar-refractivity contribution in [2.75, 3.05) is 0 Å². The Bertz CT molecular complexity index is 281. The van der Waals surface area contributed by atoms with Crippen molar-refractivity contribution in [1.29, 1.82) is 0 Å². The molecule has 0 bridgehead atoms. The van der Waals surface area contributed by atoms with Crippen molar-refractivity contribution in [2.24, 2.45) is 0 Å².